The second-order valence-corrected chi connectivity index (χ2v) is 17.1. The first kappa shape index (κ1) is 30.7. The molecule has 0 saturated carbocycles. The lowest BCUT2D eigenvalue weighted by molar-refractivity contribution is 0.630. The van der Waals surface area contributed by atoms with E-state index in [0.717, 1.165) is 43.3 Å². The molecule has 0 fully saturated rings. The zero-order valence-electron chi connectivity index (χ0n) is 31.6. The van der Waals surface area contributed by atoms with Gasteiger partial charge in [0, 0.05) is 33.6 Å². The number of pyridine rings is 1. The van der Waals surface area contributed by atoms with Crippen LogP contribution in [0.15, 0.2) is 140 Å². The Hall–Kier alpha value is -6.51. The van der Waals surface area contributed by atoms with Crippen LogP contribution in [0.4, 0.5) is 0 Å². The molecule has 2 aromatic heterocycles. The first-order valence-electron chi connectivity index (χ1n) is 20.9. The van der Waals surface area contributed by atoms with Gasteiger partial charge in [0.25, 0.3) is 0 Å². The molecule has 0 N–H and O–H groups in total. The normalized spacial score (nSPS) is 19.8. The second kappa shape index (κ2) is 11.1. The number of fused-ring (bicyclic) bond motifs is 19. The topological polar surface area (TPSA) is 17.8 Å². The fraction of sp³-hybridized carbons (Fsp3) is 0.145. The summed E-state index contributed by atoms with van der Waals surface area (Å²) in [7, 11) is 0. The van der Waals surface area contributed by atoms with Crippen molar-refractivity contribution < 1.29 is 0 Å². The van der Waals surface area contributed by atoms with Crippen molar-refractivity contribution in [2.24, 2.45) is 5.92 Å². The molecule has 0 amide bonds. The molecule has 6 aliphatic carbocycles. The number of aryl methyl sites for hydroxylation is 2. The van der Waals surface area contributed by atoms with Gasteiger partial charge < -0.3 is 4.57 Å². The van der Waals surface area contributed by atoms with Gasteiger partial charge in [0.2, 0.25) is 0 Å². The zero-order chi connectivity index (χ0) is 36.9. The Morgan fingerprint density at radius 1 is 0.649 bits per heavy atom. The molecule has 0 radical (unpaired) electrons. The number of benzene rings is 6. The molecule has 268 valence electrons. The molecule has 6 aromatic carbocycles. The summed E-state index contributed by atoms with van der Waals surface area (Å²) in [6.45, 7) is 0. The largest absolute Gasteiger partial charge is 0.306 e. The van der Waals surface area contributed by atoms with Gasteiger partial charge in [0.15, 0.2) is 0 Å². The number of para-hydroxylation sites is 1. The minimum Gasteiger partial charge on any atom is -0.306 e. The van der Waals surface area contributed by atoms with E-state index in [1.165, 1.54) is 111 Å². The molecule has 0 aliphatic heterocycles. The fourth-order valence-electron chi connectivity index (χ4n) is 12.0. The molecule has 57 heavy (non-hydrogen) atoms. The monoisotopic (exact) mass is 726 g/mol. The van der Waals surface area contributed by atoms with Gasteiger partial charge in [-0.05, 0) is 129 Å². The SMILES string of the molecule is C1=CC2Cc3ccc(-c4nc5ccccc5cc4-n4c5c6c(ccc5c5c7c(c8c(c54)CCC=C8)C4c5ccccc5-c5cccc-7c54)C=CCC6)cc3C2C=C1. The predicted octanol–water partition coefficient (Wildman–Crippen LogP) is 13.4. The van der Waals surface area contributed by atoms with E-state index in [1.54, 1.807) is 0 Å². The second-order valence-electron chi connectivity index (χ2n) is 17.1. The van der Waals surface area contributed by atoms with Gasteiger partial charge in [-0.15, -0.1) is 0 Å². The van der Waals surface area contributed by atoms with Crippen molar-refractivity contribution >= 4 is 44.9 Å². The predicted molar refractivity (Wildman–Crippen MR) is 236 cm³/mol. The summed E-state index contributed by atoms with van der Waals surface area (Å²) in [5, 5.41) is 3.96. The third kappa shape index (κ3) is 3.93. The van der Waals surface area contributed by atoms with Crippen LogP contribution in [0.1, 0.15) is 74.7 Å². The van der Waals surface area contributed by atoms with Gasteiger partial charge in [-0.2, -0.15) is 0 Å². The van der Waals surface area contributed by atoms with E-state index in [1.807, 2.05) is 0 Å². The lowest BCUT2D eigenvalue weighted by Gasteiger charge is -2.24. The van der Waals surface area contributed by atoms with Gasteiger partial charge in [0.05, 0.1) is 27.9 Å². The van der Waals surface area contributed by atoms with E-state index in [-0.39, 0.29) is 5.92 Å². The van der Waals surface area contributed by atoms with Crippen molar-refractivity contribution in [3.63, 3.8) is 0 Å². The first-order valence-corrected chi connectivity index (χ1v) is 20.9. The highest BCUT2D eigenvalue weighted by Crippen LogP contribution is 2.62. The Labute approximate surface area is 331 Å². The third-order valence-electron chi connectivity index (χ3n) is 14.3. The van der Waals surface area contributed by atoms with E-state index in [2.05, 4.69) is 156 Å². The highest BCUT2D eigenvalue weighted by molar-refractivity contribution is 6.22. The average molecular weight is 727 g/mol. The maximum absolute atomic E-state index is 5.65. The molecule has 2 heterocycles. The smallest absolute Gasteiger partial charge is 0.0950 e. The van der Waals surface area contributed by atoms with Crippen LogP contribution in [0.25, 0.3) is 84.1 Å². The van der Waals surface area contributed by atoms with Gasteiger partial charge in [-0.25, -0.2) is 4.98 Å². The van der Waals surface area contributed by atoms with Gasteiger partial charge in [-0.1, -0.05) is 134 Å². The number of allylic oxidation sites excluding steroid dienone is 6. The van der Waals surface area contributed by atoms with Crippen molar-refractivity contribution in [2.75, 3.05) is 0 Å². The summed E-state index contributed by atoms with van der Waals surface area (Å²) < 4.78 is 2.71. The van der Waals surface area contributed by atoms with Crippen molar-refractivity contribution in [3.8, 4) is 39.2 Å². The zero-order valence-corrected chi connectivity index (χ0v) is 31.6. The molecular weight excluding hydrogens is 689 g/mol. The molecular formula is C55H38N2. The Morgan fingerprint density at radius 2 is 1.49 bits per heavy atom. The first-order chi connectivity index (χ1) is 28.3. The van der Waals surface area contributed by atoms with Gasteiger partial charge >= 0.3 is 0 Å². The number of rotatable bonds is 2. The summed E-state index contributed by atoms with van der Waals surface area (Å²) in [5.41, 5.74) is 26.0. The molecule has 0 saturated heterocycles. The molecule has 14 rings (SSSR count). The van der Waals surface area contributed by atoms with Crippen molar-refractivity contribution in [1.29, 1.82) is 0 Å². The van der Waals surface area contributed by atoms with Crippen LogP contribution >= 0.6 is 0 Å². The number of hydrogen-bond acceptors (Lipinski definition) is 1. The maximum atomic E-state index is 5.65. The highest BCUT2D eigenvalue weighted by Gasteiger charge is 2.43. The van der Waals surface area contributed by atoms with Gasteiger partial charge in [-0.3, -0.25) is 0 Å². The van der Waals surface area contributed by atoms with Crippen LogP contribution < -0.4 is 0 Å². The Balaban J connectivity index is 1.16. The van der Waals surface area contributed by atoms with Crippen molar-refractivity contribution in [2.45, 2.75) is 43.9 Å². The van der Waals surface area contributed by atoms with Crippen LogP contribution in [-0.4, -0.2) is 9.55 Å². The minimum atomic E-state index is 0.249. The van der Waals surface area contributed by atoms with Crippen LogP contribution in [0.2, 0.25) is 0 Å². The van der Waals surface area contributed by atoms with E-state index in [9.17, 15) is 0 Å². The van der Waals surface area contributed by atoms with Crippen LogP contribution in [0.3, 0.4) is 0 Å². The Morgan fingerprint density at radius 3 is 2.47 bits per heavy atom. The molecule has 3 unspecified atom stereocenters. The average Bonchev–Trinajstić information content (AvgIpc) is 4.02. The van der Waals surface area contributed by atoms with Crippen LogP contribution in [0, 0.1) is 5.92 Å². The molecule has 0 spiro atoms. The van der Waals surface area contributed by atoms with Crippen LogP contribution in [-0.2, 0) is 19.3 Å². The third-order valence-corrected chi connectivity index (χ3v) is 14.3. The highest BCUT2D eigenvalue weighted by atomic mass is 15.0. The van der Waals surface area contributed by atoms with E-state index in [4.69, 9.17) is 4.98 Å². The number of nitrogens with zero attached hydrogens (tertiary/aromatic N) is 2. The molecule has 2 heteroatoms. The molecule has 8 aromatic rings. The summed E-state index contributed by atoms with van der Waals surface area (Å²) in [4.78, 5) is 5.65. The lowest BCUT2D eigenvalue weighted by Crippen LogP contribution is -2.09. The molecule has 6 aliphatic rings. The minimum absolute atomic E-state index is 0.249. The van der Waals surface area contributed by atoms with Crippen LogP contribution in [0.5, 0.6) is 0 Å². The van der Waals surface area contributed by atoms with E-state index in [0.29, 0.717) is 11.8 Å². The number of aromatic nitrogens is 2. The molecule has 2 nitrogen and oxygen atoms in total. The fourth-order valence-corrected chi connectivity index (χ4v) is 12.0. The van der Waals surface area contributed by atoms with E-state index < -0.39 is 0 Å². The quantitative estimate of drug-likeness (QED) is 0.173. The summed E-state index contributed by atoms with van der Waals surface area (Å²) in [6, 6.07) is 39.5. The summed E-state index contributed by atoms with van der Waals surface area (Å²) in [6.07, 6.45) is 24.1. The summed E-state index contributed by atoms with van der Waals surface area (Å²) in [5.74, 6) is 1.21. The lowest BCUT2D eigenvalue weighted by atomic mass is 9.82. The molecule has 0 bridgehead atoms. The van der Waals surface area contributed by atoms with Crippen molar-refractivity contribution in [1.82, 2.24) is 9.55 Å². The standard InChI is InChI=1S/C55H38N2/c1-5-16-37-31(12-1)26-27-44-52-51-43-22-11-21-39-38-17-6-7-18-40(38)49(48(39)43)50(51)41-19-8-9-20-42(41)55(52)57(54(37)44)47-30-34-14-3-10-23-46(34)56-53(47)35-25-24-33-28-32-13-2-4-15-36(32)45(33)29-35/h1-4,6-8,10-15,17-19,21-27,29-30,32,36,49H,5,9,16,20,28H2. The maximum Gasteiger partial charge on any atom is 0.0950 e. The Bertz CT molecular complexity index is 3290. The van der Waals surface area contributed by atoms with E-state index >= 15 is 0 Å². The van der Waals surface area contributed by atoms with Gasteiger partial charge in [0.1, 0.15) is 0 Å². The molecule has 3 atom stereocenters. The van der Waals surface area contributed by atoms with Crippen molar-refractivity contribution in [3.05, 3.63) is 190 Å². The Kier molecular flexibility index (Phi) is 5.96. The number of hydrogen-bond donors (Lipinski definition) is 0. The summed E-state index contributed by atoms with van der Waals surface area (Å²) >= 11 is 0.